The van der Waals surface area contributed by atoms with E-state index in [1.807, 2.05) is 16.8 Å². The third-order valence-corrected chi connectivity index (χ3v) is 4.30. The number of amides is 1. The number of aryl methyl sites for hydroxylation is 1. The maximum atomic E-state index is 12.3. The summed E-state index contributed by atoms with van der Waals surface area (Å²) in [6, 6.07) is 12.2. The molecule has 134 valence electrons. The molecule has 0 radical (unpaired) electrons. The van der Waals surface area contributed by atoms with Gasteiger partial charge in [-0.05, 0) is 12.0 Å². The number of nitrogens with one attached hydrogen (secondary N) is 1. The summed E-state index contributed by atoms with van der Waals surface area (Å²) in [4.78, 5) is 14.7. The Balaban J connectivity index is 1.50. The van der Waals surface area contributed by atoms with Crippen LogP contribution in [0.4, 0.5) is 5.82 Å². The molecule has 1 atom stereocenters. The first kappa shape index (κ1) is 17.6. The quantitative estimate of drug-likeness (QED) is 0.840. The van der Waals surface area contributed by atoms with Crippen molar-refractivity contribution >= 4 is 11.7 Å². The van der Waals surface area contributed by atoms with Gasteiger partial charge in [-0.3, -0.25) is 9.69 Å². The molecule has 2 heterocycles. The molecule has 1 fully saturated rings. The second-order valence-corrected chi connectivity index (χ2v) is 6.41. The summed E-state index contributed by atoms with van der Waals surface area (Å²) in [5, 5.41) is 7.18. The SMILES string of the molecule is CCCn1nccc1NC(=O)CC1CN(Cc2ccccc2)CCO1. The van der Waals surface area contributed by atoms with Crippen molar-refractivity contribution < 1.29 is 9.53 Å². The highest BCUT2D eigenvalue weighted by atomic mass is 16.5. The zero-order chi connectivity index (χ0) is 17.5. The first-order valence-corrected chi connectivity index (χ1v) is 8.94. The normalized spacial score (nSPS) is 18.2. The van der Waals surface area contributed by atoms with E-state index in [1.165, 1.54) is 5.56 Å². The second kappa shape index (κ2) is 8.78. The standard InChI is InChI=1S/C19H26N4O2/c1-2-10-23-18(8-9-20-23)21-19(24)13-17-15-22(11-12-25-17)14-16-6-4-3-5-7-16/h3-9,17H,2,10-15H2,1H3,(H,21,24). The summed E-state index contributed by atoms with van der Waals surface area (Å²) in [5.74, 6) is 0.730. The molecule has 1 aliphatic heterocycles. The molecule has 25 heavy (non-hydrogen) atoms. The first-order valence-electron chi connectivity index (χ1n) is 8.94. The van der Waals surface area contributed by atoms with Crippen molar-refractivity contribution in [3.8, 4) is 0 Å². The maximum Gasteiger partial charge on any atom is 0.228 e. The van der Waals surface area contributed by atoms with Crippen LogP contribution in [0.3, 0.4) is 0 Å². The number of rotatable bonds is 7. The second-order valence-electron chi connectivity index (χ2n) is 6.41. The van der Waals surface area contributed by atoms with E-state index in [4.69, 9.17) is 4.74 Å². The highest BCUT2D eigenvalue weighted by Crippen LogP contribution is 2.14. The van der Waals surface area contributed by atoms with E-state index >= 15 is 0 Å². The number of carbonyl (C=O) groups excluding carboxylic acids is 1. The van der Waals surface area contributed by atoms with E-state index in [0.717, 1.165) is 38.4 Å². The predicted molar refractivity (Wildman–Crippen MR) is 97.2 cm³/mol. The lowest BCUT2D eigenvalue weighted by Gasteiger charge is -2.32. The summed E-state index contributed by atoms with van der Waals surface area (Å²) in [5.41, 5.74) is 1.29. The average Bonchev–Trinajstić information content (AvgIpc) is 3.03. The number of hydrogen-bond donors (Lipinski definition) is 1. The number of nitrogens with zero attached hydrogens (tertiary/aromatic N) is 3. The van der Waals surface area contributed by atoms with Gasteiger partial charge in [0, 0.05) is 32.2 Å². The van der Waals surface area contributed by atoms with Crippen molar-refractivity contribution in [1.29, 1.82) is 0 Å². The molecule has 2 aromatic rings. The molecule has 6 heteroatoms. The minimum atomic E-state index is -0.0694. The largest absolute Gasteiger partial charge is 0.375 e. The van der Waals surface area contributed by atoms with Gasteiger partial charge < -0.3 is 10.1 Å². The van der Waals surface area contributed by atoms with Crippen LogP contribution in [0, 0.1) is 0 Å². The number of aromatic nitrogens is 2. The number of morpholine rings is 1. The van der Waals surface area contributed by atoms with Gasteiger partial charge in [-0.1, -0.05) is 37.3 Å². The van der Waals surface area contributed by atoms with Crippen molar-refractivity contribution in [2.24, 2.45) is 0 Å². The zero-order valence-electron chi connectivity index (χ0n) is 14.7. The van der Waals surface area contributed by atoms with E-state index in [1.54, 1.807) is 6.20 Å². The van der Waals surface area contributed by atoms with Gasteiger partial charge in [-0.25, -0.2) is 4.68 Å². The van der Waals surface area contributed by atoms with Crippen molar-refractivity contribution in [2.75, 3.05) is 25.0 Å². The Morgan fingerprint density at radius 3 is 2.96 bits per heavy atom. The molecule has 1 aromatic heterocycles. The van der Waals surface area contributed by atoms with Crippen LogP contribution in [0.25, 0.3) is 0 Å². The molecular formula is C19H26N4O2. The van der Waals surface area contributed by atoms with Gasteiger partial charge in [0.05, 0.1) is 25.3 Å². The van der Waals surface area contributed by atoms with Crippen molar-refractivity contribution in [3.05, 3.63) is 48.2 Å². The molecule has 1 unspecified atom stereocenters. The Bertz CT molecular complexity index is 671. The lowest BCUT2D eigenvalue weighted by Crippen LogP contribution is -2.43. The third-order valence-electron chi connectivity index (χ3n) is 4.30. The Morgan fingerprint density at radius 2 is 2.16 bits per heavy atom. The minimum absolute atomic E-state index is 0.0237. The molecule has 1 aliphatic rings. The first-order chi connectivity index (χ1) is 12.2. The van der Waals surface area contributed by atoms with Crippen LogP contribution >= 0.6 is 0 Å². The van der Waals surface area contributed by atoms with E-state index in [2.05, 4.69) is 46.5 Å². The lowest BCUT2D eigenvalue weighted by molar-refractivity contribution is -0.121. The van der Waals surface area contributed by atoms with Gasteiger partial charge in [0.1, 0.15) is 5.82 Å². The van der Waals surface area contributed by atoms with Crippen LogP contribution in [0.1, 0.15) is 25.3 Å². The summed E-state index contributed by atoms with van der Waals surface area (Å²) < 4.78 is 7.61. The third kappa shape index (κ3) is 5.14. The van der Waals surface area contributed by atoms with Gasteiger partial charge in [0.2, 0.25) is 5.91 Å². The van der Waals surface area contributed by atoms with Crippen LogP contribution in [0.5, 0.6) is 0 Å². The molecule has 0 spiro atoms. The molecule has 1 aromatic carbocycles. The van der Waals surface area contributed by atoms with Crippen LogP contribution in [0.2, 0.25) is 0 Å². The fraction of sp³-hybridized carbons (Fsp3) is 0.474. The fourth-order valence-electron chi connectivity index (χ4n) is 3.12. The fourth-order valence-corrected chi connectivity index (χ4v) is 3.12. The van der Waals surface area contributed by atoms with Gasteiger partial charge in [0.15, 0.2) is 0 Å². The minimum Gasteiger partial charge on any atom is -0.375 e. The summed E-state index contributed by atoms with van der Waals surface area (Å²) in [7, 11) is 0. The Morgan fingerprint density at radius 1 is 1.32 bits per heavy atom. The van der Waals surface area contributed by atoms with Crippen LogP contribution in [-0.4, -0.2) is 46.4 Å². The van der Waals surface area contributed by atoms with E-state index in [0.29, 0.717) is 13.0 Å². The Hall–Kier alpha value is -2.18. The van der Waals surface area contributed by atoms with Crippen molar-refractivity contribution in [1.82, 2.24) is 14.7 Å². The van der Waals surface area contributed by atoms with Gasteiger partial charge >= 0.3 is 0 Å². The predicted octanol–water partition coefficient (Wildman–Crippen LogP) is 2.52. The number of ether oxygens (including phenoxy) is 1. The van der Waals surface area contributed by atoms with Gasteiger partial charge in [-0.15, -0.1) is 0 Å². The molecule has 3 rings (SSSR count). The van der Waals surface area contributed by atoms with E-state index < -0.39 is 0 Å². The molecule has 0 saturated carbocycles. The highest BCUT2D eigenvalue weighted by Gasteiger charge is 2.23. The molecule has 0 bridgehead atoms. The van der Waals surface area contributed by atoms with Gasteiger partial charge in [-0.2, -0.15) is 5.10 Å². The Labute approximate surface area is 148 Å². The van der Waals surface area contributed by atoms with Crippen LogP contribution in [0.15, 0.2) is 42.6 Å². The molecular weight excluding hydrogens is 316 g/mol. The smallest absolute Gasteiger partial charge is 0.228 e. The summed E-state index contributed by atoms with van der Waals surface area (Å²) in [6.07, 6.45) is 2.98. The number of anilines is 1. The lowest BCUT2D eigenvalue weighted by atomic mass is 10.1. The van der Waals surface area contributed by atoms with Crippen LogP contribution < -0.4 is 5.32 Å². The van der Waals surface area contributed by atoms with Gasteiger partial charge in [0.25, 0.3) is 0 Å². The summed E-state index contributed by atoms with van der Waals surface area (Å²) in [6.45, 7) is 6.12. The van der Waals surface area contributed by atoms with Crippen molar-refractivity contribution in [2.45, 2.75) is 39.0 Å². The van der Waals surface area contributed by atoms with Crippen molar-refractivity contribution in [3.63, 3.8) is 0 Å². The molecule has 0 aliphatic carbocycles. The average molecular weight is 342 g/mol. The topological polar surface area (TPSA) is 59.4 Å². The number of carbonyl (C=O) groups is 1. The monoisotopic (exact) mass is 342 g/mol. The molecule has 6 nitrogen and oxygen atoms in total. The highest BCUT2D eigenvalue weighted by molar-refractivity contribution is 5.90. The van der Waals surface area contributed by atoms with E-state index in [9.17, 15) is 4.79 Å². The Kier molecular flexibility index (Phi) is 6.19. The summed E-state index contributed by atoms with van der Waals surface area (Å²) >= 11 is 0. The maximum absolute atomic E-state index is 12.3. The van der Waals surface area contributed by atoms with E-state index in [-0.39, 0.29) is 12.0 Å². The van der Waals surface area contributed by atoms with Crippen LogP contribution in [-0.2, 0) is 22.6 Å². The molecule has 1 N–H and O–H groups in total. The number of benzene rings is 1. The molecule has 1 saturated heterocycles. The molecule has 1 amide bonds. The zero-order valence-corrected chi connectivity index (χ0v) is 14.7. The number of hydrogen-bond acceptors (Lipinski definition) is 4.